The first-order valence-corrected chi connectivity index (χ1v) is 11.0. The Balaban J connectivity index is 1.46. The zero-order valence-electron chi connectivity index (χ0n) is 17.0. The number of benzene rings is 2. The van der Waals surface area contributed by atoms with Gasteiger partial charge in [0.15, 0.2) is 0 Å². The molecule has 1 atom stereocenters. The van der Waals surface area contributed by atoms with Crippen molar-refractivity contribution in [2.24, 2.45) is 0 Å². The van der Waals surface area contributed by atoms with Crippen LogP contribution in [0.3, 0.4) is 0 Å². The highest BCUT2D eigenvalue weighted by Crippen LogP contribution is 2.24. The fourth-order valence-electron chi connectivity index (χ4n) is 3.65. The van der Waals surface area contributed by atoms with Gasteiger partial charge in [0.05, 0.1) is 17.3 Å². The average molecular weight is 421 g/mol. The van der Waals surface area contributed by atoms with Crippen LogP contribution in [0.4, 0.5) is 0 Å². The molecular formula is C23H24N4O2S. The van der Waals surface area contributed by atoms with E-state index in [0.717, 1.165) is 22.6 Å². The van der Waals surface area contributed by atoms with E-state index in [-0.39, 0.29) is 11.8 Å². The fourth-order valence-corrected chi connectivity index (χ4v) is 4.81. The van der Waals surface area contributed by atoms with Crippen LogP contribution in [0.5, 0.6) is 0 Å². The van der Waals surface area contributed by atoms with Crippen molar-refractivity contribution in [3.63, 3.8) is 0 Å². The molecule has 2 heterocycles. The maximum absolute atomic E-state index is 12.9. The first-order valence-electron chi connectivity index (χ1n) is 9.88. The molecule has 7 heteroatoms. The molecule has 1 aromatic heterocycles. The van der Waals surface area contributed by atoms with Crippen LogP contribution in [0.25, 0.3) is 5.69 Å². The van der Waals surface area contributed by atoms with Crippen LogP contribution in [-0.2, 0) is 11.3 Å². The number of hydrogen-bond acceptors (Lipinski definition) is 4. The van der Waals surface area contributed by atoms with Crippen LogP contribution in [0.2, 0.25) is 0 Å². The lowest BCUT2D eigenvalue weighted by Gasteiger charge is -2.23. The maximum atomic E-state index is 12.9. The first-order chi connectivity index (χ1) is 14.6. The van der Waals surface area contributed by atoms with Gasteiger partial charge in [-0.3, -0.25) is 9.59 Å². The fraction of sp³-hybridized carbons (Fsp3) is 0.261. The summed E-state index contributed by atoms with van der Waals surface area (Å²) in [5.74, 6) is 0.891. The van der Waals surface area contributed by atoms with Gasteiger partial charge < -0.3 is 10.2 Å². The molecule has 154 valence electrons. The second-order valence-corrected chi connectivity index (χ2v) is 8.27. The molecular weight excluding hydrogens is 396 g/mol. The number of rotatable bonds is 5. The molecule has 0 aliphatic carbocycles. The number of para-hydroxylation sites is 1. The summed E-state index contributed by atoms with van der Waals surface area (Å²) >= 11 is 1.60. The molecule has 2 aromatic carbocycles. The quantitative estimate of drug-likeness (QED) is 0.688. The van der Waals surface area contributed by atoms with Crippen molar-refractivity contribution in [2.75, 3.05) is 11.6 Å². The number of nitrogens with one attached hydrogen (secondary N) is 1. The maximum Gasteiger partial charge on any atom is 0.255 e. The monoisotopic (exact) mass is 420 g/mol. The SMILES string of the molecule is Cc1nn(-c2ccccc2)c(C)c1CNC(=O)[C@@H]1CSCN1C(=O)c1ccccc1. The molecule has 0 radical (unpaired) electrons. The molecule has 4 rings (SSSR count). The Morgan fingerprint density at radius 3 is 2.43 bits per heavy atom. The van der Waals surface area contributed by atoms with Crippen molar-refractivity contribution in [3.05, 3.63) is 83.2 Å². The van der Waals surface area contributed by atoms with E-state index in [0.29, 0.717) is 23.7 Å². The number of carbonyl (C=O) groups excluding carboxylic acids is 2. The van der Waals surface area contributed by atoms with Crippen molar-refractivity contribution >= 4 is 23.6 Å². The molecule has 0 spiro atoms. The Kier molecular flexibility index (Phi) is 5.90. The van der Waals surface area contributed by atoms with Gasteiger partial charge in [-0.15, -0.1) is 11.8 Å². The summed E-state index contributed by atoms with van der Waals surface area (Å²) in [5, 5.41) is 7.66. The van der Waals surface area contributed by atoms with Crippen LogP contribution >= 0.6 is 11.8 Å². The van der Waals surface area contributed by atoms with E-state index in [4.69, 9.17) is 0 Å². The predicted molar refractivity (Wildman–Crippen MR) is 119 cm³/mol. The Labute approximate surface area is 180 Å². The Morgan fingerprint density at radius 2 is 1.73 bits per heavy atom. The molecule has 1 aliphatic heterocycles. The highest BCUT2D eigenvalue weighted by molar-refractivity contribution is 7.99. The van der Waals surface area contributed by atoms with E-state index in [2.05, 4.69) is 10.4 Å². The zero-order chi connectivity index (χ0) is 21.1. The molecule has 1 saturated heterocycles. The molecule has 2 amide bonds. The molecule has 0 unspecified atom stereocenters. The number of hydrogen-bond donors (Lipinski definition) is 1. The average Bonchev–Trinajstić information content (AvgIpc) is 3.38. The summed E-state index contributed by atoms with van der Waals surface area (Å²) in [5.41, 5.74) is 4.47. The Bertz CT molecular complexity index is 1050. The van der Waals surface area contributed by atoms with Crippen LogP contribution < -0.4 is 5.32 Å². The number of aryl methyl sites for hydroxylation is 1. The van der Waals surface area contributed by atoms with E-state index < -0.39 is 6.04 Å². The van der Waals surface area contributed by atoms with Gasteiger partial charge in [-0.25, -0.2) is 4.68 Å². The highest BCUT2D eigenvalue weighted by atomic mass is 32.2. The van der Waals surface area contributed by atoms with Crippen molar-refractivity contribution in [1.29, 1.82) is 0 Å². The van der Waals surface area contributed by atoms with Gasteiger partial charge in [-0.2, -0.15) is 5.10 Å². The third kappa shape index (κ3) is 3.98. The van der Waals surface area contributed by atoms with Crippen molar-refractivity contribution in [1.82, 2.24) is 20.0 Å². The van der Waals surface area contributed by atoms with Crippen molar-refractivity contribution in [2.45, 2.75) is 26.4 Å². The molecule has 1 fully saturated rings. The summed E-state index contributed by atoms with van der Waals surface area (Å²) in [4.78, 5) is 27.4. The van der Waals surface area contributed by atoms with E-state index in [1.807, 2.05) is 67.1 Å². The molecule has 1 aliphatic rings. The van der Waals surface area contributed by atoms with Gasteiger partial charge in [0, 0.05) is 29.1 Å². The smallest absolute Gasteiger partial charge is 0.255 e. The number of thioether (sulfide) groups is 1. The lowest BCUT2D eigenvalue weighted by Crippen LogP contribution is -2.47. The van der Waals surface area contributed by atoms with Gasteiger partial charge in [-0.05, 0) is 38.1 Å². The lowest BCUT2D eigenvalue weighted by atomic mass is 10.1. The van der Waals surface area contributed by atoms with Gasteiger partial charge >= 0.3 is 0 Å². The number of amides is 2. The minimum Gasteiger partial charge on any atom is -0.350 e. The second kappa shape index (κ2) is 8.75. The van der Waals surface area contributed by atoms with Crippen LogP contribution in [-0.4, -0.2) is 44.2 Å². The molecule has 1 N–H and O–H groups in total. The van der Waals surface area contributed by atoms with Crippen LogP contribution in [0.15, 0.2) is 60.7 Å². The van der Waals surface area contributed by atoms with Crippen LogP contribution in [0.1, 0.15) is 27.3 Å². The second-order valence-electron chi connectivity index (χ2n) is 7.27. The molecule has 6 nitrogen and oxygen atoms in total. The largest absolute Gasteiger partial charge is 0.350 e. The summed E-state index contributed by atoms with van der Waals surface area (Å²) in [6.07, 6.45) is 0. The molecule has 0 saturated carbocycles. The summed E-state index contributed by atoms with van der Waals surface area (Å²) in [7, 11) is 0. The van der Waals surface area contributed by atoms with Crippen molar-refractivity contribution in [3.8, 4) is 5.69 Å². The third-order valence-corrected chi connectivity index (χ3v) is 6.36. The van der Waals surface area contributed by atoms with Crippen molar-refractivity contribution < 1.29 is 9.59 Å². The highest BCUT2D eigenvalue weighted by Gasteiger charge is 2.35. The Morgan fingerprint density at radius 1 is 1.07 bits per heavy atom. The zero-order valence-corrected chi connectivity index (χ0v) is 17.9. The topological polar surface area (TPSA) is 67.2 Å². The summed E-state index contributed by atoms with van der Waals surface area (Å²) < 4.78 is 1.90. The van der Waals surface area contributed by atoms with E-state index in [9.17, 15) is 9.59 Å². The summed E-state index contributed by atoms with van der Waals surface area (Å²) in [6, 6.07) is 18.6. The number of aromatic nitrogens is 2. The Hall–Kier alpha value is -3.06. The number of nitrogens with zero attached hydrogens (tertiary/aromatic N) is 3. The van der Waals surface area contributed by atoms with E-state index in [1.54, 1.807) is 28.8 Å². The number of carbonyl (C=O) groups is 2. The molecule has 0 bridgehead atoms. The van der Waals surface area contributed by atoms with Gasteiger partial charge in [0.2, 0.25) is 5.91 Å². The summed E-state index contributed by atoms with van der Waals surface area (Å²) in [6.45, 7) is 4.34. The minimum absolute atomic E-state index is 0.106. The van der Waals surface area contributed by atoms with Gasteiger partial charge in [-0.1, -0.05) is 36.4 Å². The standard InChI is InChI=1S/C23H24N4O2S/c1-16-20(17(2)27(25-16)19-11-7-4-8-12-19)13-24-22(28)21-14-30-15-26(21)23(29)18-9-5-3-6-10-18/h3-12,21H,13-15H2,1-2H3,(H,24,28)/t21-/m0/s1. The lowest BCUT2D eigenvalue weighted by molar-refractivity contribution is -0.124. The predicted octanol–water partition coefficient (Wildman–Crippen LogP) is 3.32. The minimum atomic E-state index is -0.465. The van der Waals surface area contributed by atoms with Crippen LogP contribution in [0, 0.1) is 13.8 Å². The van der Waals surface area contributed by atoms with E-state index in [1.165, 1.54) is 0 Å². The first kappa shape index (κ1) is 20.2. The normalized spacial score (nSPS) is 15.9. The van der Waals surface area contributed by atoms with E-state index >= 15 is 0 Å². The molecule has 3 aromatic rings. The third-order valence-electron chi connectivity index (χ3n) is 5.35. The van der Waals surface area contributed by atoms with Gasteiger partial charge in [0.25, 0.3) is 5.91 Å². The van der Waals surface area contributed by atoms with Gasteiger partial charge in [0.1, 0.15) is 6.04 Å². The molecule has 30 heavy (non-hydrogen) atoms.